The molecule has 0 unspecified atom stereocenters. The third kappa shape index (κ3) is 5.61. The van der Waals surface area contributed by atoms with Crippen molar-refractivity contribution >= 4 is 35.0 Å². The van der Waals surface area contributed by atoms with Crippen LogP contribution in [-0.4, -0.2) is 64.2 Å². The summed E-state index contributed by atoms with van der Waals surface area (Å²) in [5, 5.41) is 15.0. The Kier molecular flexibility index (Phi) is 7.40. The normalized spacial score (nSPS) is 13.7. The van der Waals surface area contributed by atoms with Crippen LogP contribution in [0.15, 0.2) is 59.5 Å². The first kappa shape index (κ1) is 22.6. The van der Waals surface area contributed by atoms with Gasteiger partial charge in [0.05, 0.1) is 11.2 Å². The topological polar surface area (TPSA) is 118 Å². The van der Waals surface area contributed by atoms with Gasteiger partial charge in [-0.3, -0.25) is 14.9 Å². The van der Waals surface area contributed by atoms with Crippen LogP contribution in [0.1, 0.15) is 16.1 Å². The predicted molar refractivity (Wildman–Crippen MR) is 127 cm³/mol. The van der Waals surface area contributed by atoms with Gasteiger partial charge < -0.3 is 19.5 Å². The Bertz CT molecular complexity index is 1070. The minimum absolute atomic E-state index is 0.142. The lowest BCUT2D eigenvalue weighted by molar-refractivity contribution is -0.383. The zero-order chi connectivity index (χ0) is 23.0. The molecule has 1 aliphatic heterocycles. The van der Waals surface area contributed by atoms with Gasteiger partial charge in [-0.15, -0.1) is 0 Å². The first-order valence-electron chi connectivity index (χ1n) is 10.6. The number of anilines is 2. The van der Waals surface area contributed by atoms with Crippen molar-refractivity contribution in [2.75, 3.05) is 48.7 Å². The van der Waals surface area contributed by atoms with E-state index in [1.54, 1.807) is 28.8 Å². The molecule has 11 heteroatoms. The molecule has 0 atom stereocenters. The van der Waals surface area contributed by atoms with Gasteiger partial charge in [-0.2, -0.15) is 11.8 Å². The molecule has 33 heavy (non-hydrogen) atoms. The van der Waals surface area contributed by atoms with Gasteiger partial charge >= 0.3 is 5.69 Å². The largest absolute Gasteiger partial charge is 0.459 e. The van der Waals surface area contributed by atoms with Crippen molar-refractivity contribution in [1.82, 2.24) is 14.9 Å². The average molecular weight is 469 g/mol. The van der Waals surface area contributed by atoms with Crippen LogP contribution in [0.5, 0.6) is 0 Å². The highest BCUT2D eigenvalue weighted by atomic mass is 32.2. The SMILES string of the molecule is O=C(c1ccco1)N1CCN(c2ncnc(NCCSCc3ccccc3)c2[N+](=O)[O-])CC1. The Labute approximate surface area is 195 Å². The molecular formula is C22H24N6O4S. The highest BCUT2D eigenvalue weighted by molar-refractivity contribution is 7.98. The highest BCUT2D eigenvalue weighted by Crippen LogP contribution is 2.32. The van der Waals surface area contributed by atoms with Crippen molar-refractivity contribution in [1.29, 1.82) is 0 Å². The van der Waals surface area contributed by atoms with E-state index in [1.165, 1.54) is 18.2 Å². The third-order valence-corrected chi connectivity index (χ3v) is 6.26. The number of rotatable bonds is 9. The number of piperazine rings is 1. The molecule has 2 aromatic heterocycles. The number of thioether (sulfide) groups is 1. The molecule has 0 radical (unpaired) electrons. The van der Waals surface area contributed by atoms with Crippen molar-refractivity contribution in [3.63, 3.8) is 0 Å². The molecular weight excluding hydrogens is 444 g/mol. The molecule has 10 nitrogen and oxygen atoms in total. The van der Waals surface area contributed by atoms with E-state index in [-0.39, 0.29) is 29.0 Å². The van der Waals surface area contributed by atoms with Crippen molar-refractivity contribution in [2.24, 2.45) is 0 Å². The van der Waals surface area contributed by atoms with Gasteiger partial charge in [-0.05, 0) is 17.7 Å². The molecule has 1 fully saturated rings. The Morgan fingerprint density at radius 3 is 2.61 bits per heavy atom. The Morgan fingerprint density at radius 2 is 1.91 bits per heavy atom. The van der Waals surface area contributed by atoms with Crippen molar-refractivity contribution in [3.8, 4) is 0 Å². The first-order chi connectivity index (χ1) is 16.1. The average Bonchev–Trinajstić information content (AvgIpc) is 3.39. The Morgan fingerprint density at radius 1 is 1.12 bits per heavy atom. The molecule has 3 aromatic rings. The molecule has 0 spiro atoms. The number of benzene rings is 1. The van der Waals surface area contributed by atoms with Gasteiger partial charge in [-0.25, -0.2) is 9.97 Å². The number of nitro groups is 1. The van der Waals surface area contributed by atoms with Crippen LogP contribution in [0.2, 0.25) is 0 Å². The fourth-order valence-electron chi connectivity index (χ4n) is 3.58. The van der Waals surface area contributed by atoms with Crippen LogP contribution < -0.4 is 10.2 Å². The zero-order valence-corrected chi connectivity index (χ0v) is 18.7. The standard InChI is InChI=1S/C22H24N6O4S/c29-22(18-7-4-13-32-18)27-11-9-26(10-12-27)21-19(28(30)31)20(24-16-25-21)23-8-14-33-15-17-5-2-1-3-6-17/h1-7,13,16H,8-12,14-15H2,(H,23,24,25). The van der Waals surface area contributed by atoms with Gasteiger partial charge in [-0.1, -0.05) is 30.3 Å². The number of carbonyl (C=O) groups is 1. The highest BCUT2D eigenvalue weighted by Gasteiger charge is 2.31. The van der Waals surface area contributed by atoms with E-state index < -0.39 is 4.92 Å². The molecule has 4 rings (SSSR count). The predicted octanol–water partition coefficient (Wildman–Crippen LogP) is 3.29. The number of aromatic nitrogens is 2. The lowest BCUT2D eigenvalue weighted by atomic mass is 10.2. The number of furan rings is 1. The second-order valence-electron chi connectivity index (χ2n) is 7.37. The second-order valence-corrected chi connectivity index (χ2v) is 8.48. The molecule has 1 aromatic carbocycles. The van der Waals surface area contributed by atoms with Crippen molar-refractivity contribution in [2.45, 2.75) is 5.75 Å². The first-order valence-corrected chi connectivity index (χ1v) is 11.7. The van der Waals surface area contributed by atoms with Crippen LogP contribution in [0.3, 0.4) is 0 Å². The van der Waals surface area contributed by atoms with Gasteiger partial charge in [0.2, 0.25) is 11.6 Å². The Balaban J connectivity index is 1.35. The van der Waals surface area contributed by atoms with E-state index in [0.717, 1.165) is 11.5 Å². The van der Waals surface area contributed by atoms with Gasteiger partial charge in [0.15, 0.2) is 5.76 Å². The Hall–Kier alpha value is -3.60. The van der Waals surface area contributed by atoms with E-state index in [4.69, 9.17) is 4.42 Å². The van der Waals surface area contributed by atoms with E-state index in [2.05, 4.69) is 27.4 Å². The zero-order valence-electron chi connectivity index (χ0n) is 17.9. The minimum Gasteiger partial charge on any atom is -0.459 e. The summed E-state index contributed by atoms with van der Waals surface area (Å²) in [5.41, 5.74) is 1.10. The van der Waals surface area contributed by atoms with Crippen LogP contribution in [0.25, 0.3) is 0 Å². The lowest BCUT2D eigenvalue weighted by Gasteiger charge is -2.34. The van der Waals surface area contributed by atoms with E-state index in [0.29, 0.717) is 32.7 Å². The molecule has 1 aliphatic rings. The summed E-state index contributed by atoms with van der Waals surface area (Å²) >= 11 is 1.74. The maximum atomic E-state index is 12.5. The van der Waals surface area contributed by atoms with E-state index >= 15 is 0 Å². The maximum Gasteiger partial charge on any atom is 0.353 e. The van der Waals surface area contributed by atoms with Crippen LogP contribution in [0, 0.1) is 10.1 Å². The molecule has 172 valence electrons. The quantitative estimate of drug-likeness (QED) is 0.287. The lowest BCUT2D eigenvalue weighted by Crippen LogP contribution is -2.49. The van der Waals surface area contributed by atoms with Gasteiger partial charge in [0, 0.05) is 44.2 Å². The number of carbonyl (C=O) groups excluding carboxylic acids is 1. The number of nitrogens with zero attached hydrogens (tertiary/aromatic N) is 5. The smallest absolute Gasteiger partial charge is 0.353 e. The second kappa shape index (κ2) is 10.8. The summed E-state index contributed by atoms with van der Waals surface area (Å²) in [6.07, 6.45) is 2.80. The summed E-state index contributed by atoms with van der Waals surface area (Å²) in [5.74, 6) is 2.22. The van der Waals surface area contributed by atoms with E-state index in [9.17, 15) is 14.9 Å². The minimum atomic E-state index is -0.449. The third-order valence-electron chi connectivity index (χ3n) is 5.23. The molecule has 0 bridgehead atoms. The molecule has 0 saturated carbocycles. The van der Waals surface area contributed by atoms with E-state index in [1.807, 2.05) is 23.1 Å². The fraction of sp³-hybridized carbons (Fsp3) is 0.318. The molecule has 0 aliphatic carbocycles. The summed E-state index contributed by atoms with van der Waals surface area (Å²) < 4.78 is 5.18. The summed E-state index contributed by atoms with van der Waals surface area (Å²) in [4.78, 5) is 35.7. The number of nitrogens with one attached hydrogen (secondary N) is 1. The van der Waals surface area contributed by atoms with Gasteiger partial charge in [0.25, 0.3) is 5.91 Å². The summed E-state index contributed by atoms with van der Waals surface area (Å²) in [6, 6.07) is 13.4. The number of amides is 1. The van der Waals surface area contributed by atoms with Gasteiger partial charge in [0.1, 0.15) is 6.33 Å². The molecule has 1 amide bonds. The van der Waals surface area contributed by atoms with Crippen LogP contribution in [-0.2, 0) is 5.75 Å². The number of hydrogen-bond donors (Lipinski definition) is 1. The maximum absolute atomic E-state index is 12.5. The molecule has 1 saturated heterocycles. The van der Waals surface area contributed by atoms with Crippen molar-refractivity contribution < 1.29 is 14.1 Å². The monoisotopic (exact) mass is 468 g/mol. The summed E-state index contributed by atoms with van der Waals surface area (Å²) in [7, 11) is 0. The summed E-state index contributed by atoms with van der Waals surface area (Å²) in [6.45, 7) is 2.23. The molecule has 3 heterocycles. The molecule has 1 N–H and O–H groups in total. The number of hydrogen-bond acceptors (Lipinski definition) is 9. The van der Waals surface area contributed by atoms with Crippen molar-refractivity contribution in [3.05, 3.63) is 76.5 Å². The van der Waals surface area contributed by atoms with Crippen LogP contribution in [0.4, 0.5) is 17.3 Å². The fourth-order valence-corrected chi connectivity index (χ4v) is 4.40. The van der Waals surface area contributed by atoms with Crippen LogP contribution >= 0.6 is 11.8 Å².